The van der Waals surface area contributed by atoms with Crippen LogP contribution in [0.15, 0.2) is 12.1 Å². The molecule has 2 saturated heterocycles. The SMILES string of the molecule is O=C1CN(c2c(O)cc(CCN3CCC(O)C3)cc2F)S(=O)(=O)N1. The monoisotopic (exact) mass is 359 g/mol. The number of phenolic OH excluding ortho intramolecular Hbond substituents is 1. The molecule has 132 valence electrons. The Balaban J connectivity index is 1.78. The van der Waals surface area contributed by atoms with Gasteiger partial charge in [0.1, 0.15) is 18.0 Å². The van der Waals surface area contributed by atoms with Gasteiger partial charge in [0.15, 0.2) is 5.82 Å². The average molecular weight is 359 g/mol. The van der Waals surface area contributed by atoms with Crippen LogP contribution in [0.1, 0.15) is 12.0 Å². The fourth-order valence-electron chi connectivity index (χ4n) is 2.98. The van der Waals surface area contributed by atoms with Gasteiger partial charge in [-0.05, 0) is 30.5 Å². The summed E-state index contributed by atoms with van der Waals surface area (Å²) in [6.45, 7) is 1.34. The molecule has 0 spiro atoms. The molecule has 3 rings (SSSR count). The molecule has 2 fully saturated rings. The van der Waals surface area contributed by atoms with E-state index in [1.54, 1.807) is 4.72 Å². The third kappa shape index (κ3) is 3.30. The Kier molecular flexibility index (Phi) is 4.37. The molecule has 1 unspecified atom stereocenters. The summed E-state index contributed by atoms with van der Waals surface area (Å²) >= 11 is 0. The van der Waals surface area contributed by atoms with E-state index in [0.717, 1.165) is 12.6 Å². The minimum Gasteiger partial charge on any atom is -0.506 e. The van der Waals surface area contributed by atoms with Crippen molar-refractivity contribution in [2.24, 2.45) is 0 Å². The van der Waals surface area contributed by atoms with Crippen molar-refractivity contribution in [3.05, 3.63) is 23.5 Å². The first-order valence-electron chi connectivity index (χ1n) is 7.51. The van der Waals surface area contributed by atoms with Crippen molar-refractivity contribution in [1.29, 1.82) is 0 Å². The molecule has 2 heterocycles. The van der Waals surface area contributed by atoms with Crippen LogP contribution in [0.2, 0.25) is 0 Å². The van der Waals surface area contributed by atoms with E-state index in [9.17, 15) is 27.8 Å². The van der Waals surface area contributed by atoms with Gasteiger partial charge in [-0.25, -0.2) is 13.4 Å². The minimum atomic E-state index is -4.18. The van der Waals surface area contributed by atoms with Crippen LogP contribution >= 0.6 is 0 Å². The quantitative estimate of drug-likeness (QED) is 0.657. The molecule has 0 aromatic heterocycles. The van der Waals surface area contributed by atoms with Crippen molar-refractivity contribution in [2.75, 3.05) is 30.5 Å². The smallest absolute Gasteiger partial charge is 0.326 e. The Morgan fingerprint density at radius 1 is 1.38 bits per heavy atom. The third-order valence-corrected chi connectivity index (χ3v) is 5.51. The van der Waals surface area contributed by atoms with Gasteiger partial charge in [0, 0.05) is 19.6 Å². The van der Waals surface area contributed by atoms with Crippen LogP contribution in [0.25, 0.3) is 0 Å². The topological polar surface area (TPSA) is 110 Å². The van der Waals surface area contributed by atoms with Crippen LogP contribution in [0.3, 0.4) is 0 Å². The van der Waals surface area contributed by atoms with Gasteiger partial charge in [0.2, 0.25) is 0 Å². The Hall–Kier alpha value is -1.91. The molecule has 24 heavy (non-hydrogen) atoms. The maximum Gasteiger partial charge on any atom is 0.326 e. The summed E-state index contributed by atoms with van der Waals surface area (Å²) in [4.78, 5) is 13.3. The molecular weight excluding hydrogens is 341 g/mol. The minimum absolute atomic E-state index is 0.345. The number of benzene rings is 1. The fourth-order valence-corrected chi connectivity index (χ4v) is 4.15. The van der Waals surface area contributed by atoms with Gasteiger partial charge in [0.25, 0.3) is 5.91 Å². The molecule has 1 aromatic rings. The highest BCUT2D eigenvalue weighted by Crippen LogP contribution is 2.34. The molecule has 0 saturated carbocycles. The standard InChI is InChI=1S/C14H18FN3O5S/c15-11-5-9(1-3-17-4-2-10(19)7-17)6-12(20)14(11)18-8-13(21)16-24(18,22)23/h5-6,10,19-20H,1-4,7-8H2,(H,16,21). The largest absolute Gasteiger partial charge is 0.506 e. The number of nitrogens with one attached hydrogen (secondary N) is 1. The van der Waals surface area contributed by atoms with Crippen LogP contribution in [0.4, 0.5) is 10.1 Å². The summed E-state index contributed by atoms with van der Waals surface area (Å²) in [6, 6.07) is 2.45. The summed E-state index contributed by atoms with van der Waals surface area (Å²) in [5.74, 6) is -2.23. The Morgan fingerprint density at radius 3 is 2.67 bits per heavy atom. The lowest BCUT2D eigenvalue weighted by Gasteiger charge is -2.19. The number of anilines is 1. The highest BCUT2D eigenvalue weighted by atomic mass is 32.2. The predicted molar refractivity (Wildman–Crippen MR) is 83.2 cm³/mol. The first kappa shape index (κ1) is 16.9. The number of aromatic hydroxyl groups is 1. The lowest BCUT2D eigenvalue weighted by atomic mass is 10.1. The Bertz CT molecular complexity index is 747. The van der Waals surface area contributed by atoms with Gasteiger partial charge >= 0.3 is 10.2 Å². The van der Waals surface area contributed by atoms with E-state index in [1.807, 2.05) is 4.90 Å². The first-order chi connectivity index (χ1) is 11.3. The van der Waals surface area contributed by atoms with Crippen molar-refractivity contribution in [3.8, 4) is 5.75 Å². The molecule has 10 heteroatoms. The van der Waals surface area contributed by atoms with Crippen LogP contribution in [-0.4, -0.2) is 61.7 Å². The highest BCUT2D eigenvalue weighted by molar-refractivity contribution is 7.92. The fraction of sp³-hybridized carbons (Fsp3) is 0.500. The van der Waals surface area contributed by atoms with E-state index >= 15 is 0 Å². The average Bonchev–Trinajstić information content (AvgIpc) is 2.99. The molecule has 0 radical (unpaired) electrons. The lowest BCUT2D eigenvalue weighted by molar-refractivity contribution is -0.117. The normalized spacial score (nSPS) is 23.7. The van der Waals surface area contributed by atoms with Gasteiger partial charge < -0.3 is 15.1 Å². The Labute approximate surface area is 138 Å². The number of hydrogen-bond donors (Lipinski definition) is 3. The van der Waals surface area contributed by atoms with Crippen molar-refractivity contribution in [3.63, 3.8) is 0 Å². The van der Waals surface area contributed by atoms with Gasteiger partial charge in [0.05, 0.1) is 6.10 Å². The van der Waals surface area contributed by atoms with Gasteiger partial charge in [-0.15, -0.1) is 0 Å². The molecule has 1 aromatic carbocycles. The summed E-state index contributed by atoms with van der Waals surface area (Å²) in [5.41, 5.74) is -0.0280. The molecule has 2 aliphatic heterocycles. The summed E-state index contributed by atoms with van der Waals surface area (Å²) in [6.07, 6.45) is 0.802. The number of likely N-dealkylation sites (tertiary alicyclic amines) is 1. The van der Waals surface area contributed by atoms with Crippen LogP contribution in [0.5, 0.6) is 5.75 Å². The van der Waals surface area contributed by atoms with Gasteiger partial charge in [-0.3, -0.25) is 4.79 Å². The van der Waals surface area contributed by atoms with Crippen molar-refractivity contribution in [2.45, 2.75) is 18.9 Å². The van der Waals surface area contributed by atoms with Crippen molar-refractivity contribution in [1.82, 2.24) is 9.62 Å². The summed E-state index contributed by atoms with van der Waals surface area (Å²) < 4.78 is 40.1. The highest BCUT2D eigenvalue weighted by Gasteiger charge is 2.37. The second-order valence-electron chi connectivity index (χ2n) is 5.98. The lowest BCUT2D eigenvalue weighted by Crippen LogP contribution is -2.30. The van der Waals surface area contributed by atoms with Crippen LogP contribution in [-0.2, 0) is 21.4 Å². The second kappa shape index (κ2) is 6.19. The molecule has 0 aliphatic carbocycles. The van der Waals surface area contributed by atoms with Crippen LogP contribution < -0.4 is 9.03 Å². The first-order valence-corrected chi connectivity index (χ1v) is 8.95. The Morgan fingerprint density at radius 2 is 2.12 bits per heavy atom. The predicted octanol–water partition coefficient (Wildman–Crippen LogP) is -0.679. The zero-order valence-electron chi connectivity index (χ0n) is 12.8. The number of aliphatic hydroxyl groups is 1. The molecule has 3 N–H and O–H groups in total. The van der Waals surface area contributed by atoms with Crippen molar-refractivity contribution >= 4 is 21.8 Å². The number of rotatable bonds is 4. The van der Waals surface area contributed by atoms with E-state index in [1.165, 1.54) is 6.07 Å². The van der Waals surface area contributed by atoms with Crippen molar-refractivity contribution < 1.29 is 27.8 Å². The molecule has 1 atom stereocenters. The third-order valence-electron chi connectivity index (χ3n) is 4.14. The molecular formula is C14H18FN3O5S. The van der Waals surface area contributed by atoms with Gasteiger partial charge in [-0.1, -0.05) is 0 Å². The number of hydrogen-bond acceptors (Lipinski definition) is 6. The number of β-amino-alcohol motifs (C(OH)–C–C–N with tert-alkyl or cyclic N) is 1. The number of nitrogens with zero attached hydrogens (tertiary/aromatic N) is 2. The molecule has 0 bridgehead atoms. The molecule has 8 nitrogen and oxygen atoms in total. The van der Waals surface area contributed by atoms with E-state index in [4.69, 9.17) is 0 Å². The van der Waals surface area contributed by atoms with E-state index in [2.05, 4.69) is 0 Å². The van der Waals surface area contributed by atoms with E-state index in [0.29, 0.717) is 35.8 Å². The second-order valence-corrected chi connectivity index (χ2v) is 7.57. The van der Waals surface area contributed by atoms with Crippen LogP contribution in [0, 0.1) is 5.82 Å². The van der Waals surface area contributed by atoms with E-state index < -0.39 is 39.9 Å². The molecule has 1 amide bonds. The number of amides is 1. The zero-order valence-corrected chi connectivity index (χ0v) is 13.6. The molecule has 2 aliphatic rings. The summed E-state index contributed by atoms with van der Waals surface area (Å²) in [5, 5.41) is 19.5. The number of carbonyl (C=O) groups is 1. The number of carbonyl (C=O) groups excluding carboxylic acids is 1. The van der Waals surface area contributed by atoms with Gasteiger partial charge in [-0.2, -0.15) is 8.42 Å². The summed E-state index contributed by atoms with van der Waals surface area (Å²) in [7, 11) is -4.18. The number of aliphatic hydroxyl groups excluding tert-OH is 1. The number of phenols is 1. The maximum atomic E-state index is 14.3. The number of halogens is 1. The zero-order chi connectivity index (χ0) is 17.5. The van der Waals surface area contributed by atoms with E-state index in [-0.39, 0.29) is 6.10 Å². The maximum absolute atomic E-state index is 14.3.